The predicted octanol–water partition coefficient (Wildman–Crippen LogP) is 1.09. The van der Waals surface area contributed by atoms with E-state index in [0.717, 1.165) is 5.56 Å². The molecule has 1 aromatic heterocycles. The topological polar surface area (TPSA) is 42.0 Å². The second-order valence-electron chi connectivity index (χ2n) is 2.66. The molecule has 0 spiro atoms. The van der Waals surface area contributed by atoms with Gasteiger partial charge in [-0.2, -0.15) is 0 Å². The highest BCUT2D eigenvalue weighted by molar-refractivity contribution is 5.92. The zero-order valence-electron chi connectivity index (χ0n) is 7.38. The highest BCUT2D eigenvalue weighted by atomic mass is 19.1. The van der Waals surface area contributed by atoms with Crippen LogP contribution in [0.5, 0.6) is 0 Å². The average Bonchev–Trinajstić information content (AvgIpc) is 2.14. The summed E-state index contributed by atoms with van der Waals surface area (Å²) in [5.74, 6) is -0.332. The number of amides is 1. The summed E-state index contributed by atoms with van der Waals surface area (Å²) < 4.78 is 11.7. The second-order valence-corrected chi connectivity index (χ2v) is 2.66. The van der Waals surface area contributed by atoms with Gasteiger partial charge in [0.1, 0.15) is 12.4 Å². The van der Waals surface area contributed by atoms with Gasteiger partial charge in [0.15, 0.2) is 0 Å². The Kier molecular flexibility index (Phi) is 3.37. The maximum atomic E-state index is 11.7. The molecule has 0 aliphatic heterocycles. The number of nitrogens with zero attached hydrogens (tertiary/aromatic N) is 1. The third-order valence-corrected chi connectivity index (χ3v) is 1.53. The fourth-order valence-electron chi connectivity index (χ4n) is 0.912. The molecule has 0 radical (unpaired) electrons. The molecule has 70 valence electrons. The number of hydrogen-bond donors (Lipinski definition) is 1. The predicted molar refractivity (Wildman–Crippen MR) is 47.3 cm³/mol. The number of halogens is 1. The zero-order chi connectivity index (χ0) is 9.68. The van der Waals surface area contributed by atoms with Crippen LogP contribution in [0.25, 0.3) is 0 Å². The van der Waals surface area contributed by atoms with Crippen LogP contribution in [0, 0.1) is 6.92 Å². The molecule has 1 rings (SSSR count). The van der Waals surface area contributed by atoms with Gasteiger partial charge >= 0.3 is 0 Å². The lowest BCUT2D eigenvalue weighted by atomic mass is 10.2. The van der Waals surface area contributed by atoms with E-state index < -0.39 is 6.67 Å². The molecule has 1 heterocycles. The second kappa shape index (κ2) is 4.54. The Morgan fingerprint density at radius 3 is 3.08 bits per heavy atom. The van der Waals surface area contributed by atoms with Crippen LogP contribution >= 0.6 is 0 Å². The van der Waals surface area contributed by atoms with Gasteiger partial charge in [0.2, 0.25) is 0 Å². The van der Waals surface area contributed by atoms with Gasteiger partial charge in [0.25, 0.3) is 5.91 Å². The quantitative estimate of drug-likeness (QED) is 0.760. The molecule has 3 nitrogen and oxygen atoms in total. The molecular weight excluding hydrogens is 171 g/mol. The summed E-state index contributed by atoms with van der Waals surface area (Å²) in [5, 5.41) is 2.40. The molecule has 1 amide bonds. The number of rotatable bonds is 3. The lowest BCUT2D eigenvalue weighted by Crippen LogP contribution is -2.26. The monoisotopic (exact) mass is 182 g/mol. The Bertz CT molecular complexity index is 301. The Labute approximate surface area is 76.0 Å². The van der Waals surface area contributed by atoms with E-state index in [0.29, 0.717) is 5.69 Å². The molecule has 0 saturated heterocycles. The third kappa shape index (κ3) is 2.82. The molecule has 0 aliphatic rings. The highest BCUT2D eigenvalue weighted by Gasteiger charge is 2.05. The molecule has 13 heavy (non-hydrogen) atoms. The number of aromatic nitrogens is 1. The van der Waals surface area contributed by atoms with Crippen molar-refractivity contribution >= 4 is 5.91 Å². The van der Waals surface area contributed by atoms with Crippen LogP contribution in [-0.2, 0) is 0 Å². The summed E-state index contributed by atoms with van der Waals surface area (Å²) in [7, 11) is 0. The van der Waals surface area contributed by atoms with Gasteiger partial charge in [0, 0.05) is 12.7 Å². The molecule has 0 unspecified atom stereocenters. The minimum absolute atomic E-state index is 0.0362. The SMILES string of the molecule is Cc1ccnc(C(=O)NCCF)c1. The molecule has 0 aromatic carbocycles. The van der Waals surface area contributed by atoms with Crippen molar-refractivity contribution < 1.29 is 9.18 Å². The van der Waals surface area contributed by atoms with Gasteiger partial charge in [0.05, 0.1) is 0 Å². The van der Waals surface area contributed by atoms with E-state index in [1.807, 2.05) is 6.92 Å². The molecule has 0 atom stereocenters. The first-order valence-corrected chi connectivity index (χ1v) is 4.01. The molecule has 1 aromatic rings. The molecule has 0 aliphatic carbocycles. The molecule has 0 fully saturated rings. The first-order chi connectivity index (χ1) is 6.24. The van der Waals surface area contributed by atoms with Crippen molar-refractivity contribution in [2.24, 2.45) is 0 Å². The van der Waals surface area contributed by atoms with Crippen LogP contribution in [0.1, 0.15) is 16.1 Å². The van der Waals surface area contributed by atoms with Crippen molar-refractivity contribution in [1.29, 1.82) is 0 Å². The van der Waals surface area contributed by atoms with E-state index in [4.69, 9.17) is 0 Å². The summed E-state index contributed by atoms with van der Waals surface area (Å²) in [4.78, 5) is 15.1. The largest absolute Gasteiger partial charge is 0.348 e. The fourth-order valence-corrected chi connectivity index (χ4v) is 0.912. The maximum absolute atomic E-state index is 11.7. The van der Waals surface area contributed by atoms with Crippen molar-refractivity contribution in [3.63, 3.8) is 0 Å². The Balaban J connectivity index is 2.66. The molecular formula is C9H11FN2O. The van der Waals surface area contributed by atoms with E-state index in [2.05, 4.69) is 10.3 Å². The van der Waals surface area contributed by atoms with E-state index >= 15 is 0 Å². The number of pyridine rings is 1. The van der Waals surface area contributed by atoms with Crippen molar-refractivity contribution in [3.8, 4) is 0 Å². The summed E-state index contributed by atoms with van der Waals surface area (Å²) in [5.41, 5.74) is 1.29. The van der Waals surface area contributed by atoms with Crippen LogP contribution in [0.4, 0.5) is 4.39 Å². The van der Waals surface area contributed by atoms with Crippen molar-refractivity contribution in [1.82, 2.24) is 10.3 Å². The summed E-state index contributed by atoms with van der Waals surface area (Å²) in [6, 6.07) is 3.46. The normalized spacial score (nSPS) is 9.69. The Morgan fingerprint density at radius 1 is 1.69 bits per heavy atom. The van der Waals surface area contributed by atoms with Crippen LogP contribution in [0.2, 0.25) is 0 Å². The van der Waals surface area contributed by atoms with Crippen LogP contribution in [0.15, 0.2) is 18.3 Å². The zero-order valence-corrected chi connectivity index (χ0v) is 7.38. The van der Waals surface area contributed by atoms with E-state index in [-0.39, 0.29) is 12.5 Å². The smallest absolute Gasteiger partial charge is 0.269 e. The average molecular weight is 182 g/mol. The number of hydrogen-bond acceptors (Lipinski definition) is 2. The number of aryl methyl sites for hydroxylation is 1. The third-order valence-electron chi connectivity index (χ3n) is 1.53. The minimum Gasteiger partial charge on any atom is -0.348 e. The molecule has 4 heteroatoms. The number of carbonyl (C=O) groups excluding carboxylic acids is 1. The van der Waals surface area contributed by atoms with Crippen LogP contribution in [-0.4, -0.2) is 24.1 Å². The first-order valence-electron chi connectivity index (χ1n) is 4.01. The standard InChI is InChI=1S/C9H11FN2O/c1-7-2-4-11-8(6-7)9(13)12-5-3-10/h2,4,6H,3,5H2,1H3,(H,12,13). The van der Waals surface area contributed by atoms with Gasteiger partial charge in [-0.05, 0) is 24.6 Å². The van der Waals surface area contributed by atoms with E-state index in [1.54, 1.807) is 18.3 Å². The summed E-state index contributed by atoms with van der Waals surface area (Å²) in [6.07, 6.45) is 1.56. The first kappa shape index (κ1) is 9.64. The van der Waals surface area contributed by atoms with Gasteiger partial charge in [-0.1, -0.05) is 0 Å². The van der Waals surface area contributed by atoms with E-state index in [1.165, 1.54) is 0 Å². The van der Waals surface area contributed by atoms with Gasteiger partial charge in [-0.15, -0.1) is 0 Å². The lowest BCUT2D eigenvalue weighted by molar-refractivity contribution is 0.0946. The van der Waals surface area contributed by atoms with Gasteiger partial charge in [-0.3, -0.25) is 9.78 Å². The Morgan fingerprint density at radius 2 is 2.46 bits per heavy atom. The van der Waals surface area contributed by atoms with Crippen LogP contribution < -0.4 is 5.32 Å². The highest BCUT2D eigenvalue weighted by Crippen LogP contribution is 1.99. The minimum atomic E-state index is -0.558. The van der Waals surface area contributed by atoms with Crippen molar-refractivity contribution in [2.75, 3.05) is 13.2 Å². The summed E-state index contributed by atoms with van der Waals surface area (Å²) >= 11 is 0. The number of alkyl halides is 1. The lowest BCUT2D eigenvalue weighted by Gasteiger charge is -2.01. The van der Waals surface area contributed by atoms with Crippen molar-refractivity contribution in [3.05, 3.63) is 29.6 Å². The molecule has 1 N–H and O–H groups in total. The maximum Gasteiger partial charge on any atom is 0.269 e. The van der Waals surface area contributed by atoms with Gasteiger partial charge in [-0.25, -0.2) is 4.39 Å². The van der Waals surface area contributed by atoms with Crippen molar-refractivity contribution in [2.45, 2.75) is 6.92 Å². The number of nitrogens with one attached hydrogen (secondary N) is 1. The van der Waals surface area contributed by atoms with E-state index in [9.17, 15) is 9.18 Å². The Hall–Kier alpha value is -1.45. The van der Waals surface area contributed by atoms with Crippen LogP contribution in [0.3, 0.4) is 0 Å². The fraction of sp³-hybridized carbons (Fsp3) is 0.333. The summed E-state index contributed by atoms with van der Waals surface area (Å²) in [6.45, 7) is 1.35. The molecule has 0 saturated carbocycles. The molecule has 0 bridgehead atoms. The van der Waals surface area contributed by atoms with Gasteiger partial charge < -0.3 is 5.32 Å². The number of carbonyl (C=O) groups is 1.